The Hall–Kier alpha value is -3.03. The first-order valence-corrected chi connectivity index (χ1v) is 12.3. The number of carbonyl (C=O) groups excluding carboxylic acids is 2. The summed E-state index contributed by atoms with van der Waals surface area (Å²) < 4.78 is 0.980. The van der Waals surface area contributed by atoms with Crippen LogP contribution in [-0.4, -0.2) is 33.5 Å². The van der Waals surface area contributed by atoms with Crippen molar-refractivity contribution >= 4 is 50.3 Å². The van der Waals surface area contributed by atoms with Gasteiger partial charge in [0.25, 0.3) is 0 Å². The topological polar surface area (TPSA) is 72.0 Å². The van der Waals surface area contributed by atoms with Gasteiger partial charge >= 0.3 is 0 Å². The Morgan fingerprint density at radius 3 is 2.36 bits per heavy atom. The molecule has 1 heterocycles. The van der Waals surface area contributed by atoms with E-state index in [9.17, 15) is 9.59 Å². The predicted molar refractivity (Wildman–Crippen MR) is 136 cm³/mol. The van der Waals surface area contributed by atoms with Gasteiger partial charge in [-0.2, -0.15) is 0 Å². The van der Waals surface area contributed by atoms with Gasteiger partial charge in [0.15, 0.2) is 11.6 Å². The number of fused-ring (bicyclic) bond motifs is 1. The van der Waals surface area contributed by atoms with Crippen LogP contribution in [-0.2, 0) is 16.0 Å². The molecule has 0 aliphatic heterocycles. The number of hydrogen-bond acceptors (Lipinski definition) is 5. The Balaban J connectivity index is 1.51. The summed E-state index contributed by atoms with van der Waals surface area (Å²) in [6, 6.07) is 24.7. The molecule has 1 atom stereocenters. The van der Waals surface area contributed by atoms with Crippen molar-refractivity contribution in [2.75, 3.05) is 5.75 Å². The molecule has 4 aromatic rings. The number of rotatable bonds is 8. The third kappa shape index (κ3) is 6.06. The molecule has 3 aromatic carbocycles. The highest BCUT2D eigenvalue weighted by Gasteiger charge is 2.18. The minimum Gasteiger partial charge on any atom is -0.345 e. The molecule has 1 amide bonds. The molecule has 5 nitrogen and oxygen atoms in total. The molecule has 0 aliphatic carbocycles. The van der Waals surface area contributed by atoms with Crippen LogP contribution in [0.2, 0.25) is 0 Å². The minimum atomic E-state index is -0.555. The fraction of sp³-hybridized carbons (Fsp3) is 0.154. The molecule has 1 aromatic heterocycles. The molecular formula is C26H22BrN3O2S. The van der Waals surface area contributed by atoms with Crippen LogP contribution >= 0.6 is 27.7 Å². The van der Waals surface area contributed by atoms with Crippen molar-refractivity contribution in [3.05, 3.63) is 88.9 Å². The highest BCUT2D eigenvalue weighted by molar-refractivity contribution is 9.10. The summed E-state index contributed by atoms with van der Waals surface area (Å²) in [5.74, 6) is 0.486. The van der Waals surface area contributed by atoms with Crippen molar-refractivity contribution in [3.8, 4) is 11.4 Å². The van der Waals surface area contributed by atoms with E-state index in [1.165, 1.54) is 18.7 Å². The second-order valence-corrected chi connectivity index (χ2v) is 9.47. The van der Waals surface area contributed by atoms with Gasteiger partial charge in [0, 0.05) is 15.4 Å². The highest BCUT2D eigenvalue weighted by Crippen LogP contribution is 2.28. The maximum absolute atomic E-state index is 12.7. The van der Waals surface area contributed by atoms with Gasteiger partial charge in [-0.3, -0.25) is 9.59 Å². The van der Waals surface area contributed by atoms with E-state index >= 15 is 0 Å². The third-order valence-electron chi connectivity index (χ3n) is 5.12. The summed E-state index contributed by atoms with van der Waals surface area (Å²) in [6.45, 7) is 1.50. The maximum Gasteiger partial charge on any atom is 0.231 e. The van der Waals surface area contributed by atoms with E-state index in [0.717, 1.165) is 31.5 Å². The number of ketones is 1. The first-order valence-electron chi connectivity index (χ1n) is 10.5. The molecule has 0 spiro atoms. The Kier molecular flexibility index (Phi) is 7.52. The number of carbonyl (C=O) groups is 2. The van der Waals surface area contributed by atoms with E-state index in [-0.39, 0.29) is 17.4 Å². The fourth-order valence-electron chi connectivity index (χ4n) is 3.40. The van der Waals surface area contributed by atoms with Gasteiger partial charge < -0.3 is 5.32 Å². The molecular weight excluding hydrogens is 498 g/mol. The number of Topliss-reactive ketones (excluding diaryl/α,β-unsaturated/α-hetero) is 1. The molecule has 0 radical (unpaired) electrons. The van der Waals surface area contributed by atoms with Gasteiger partial charge in [-0.15, -0.1) is 0 Å². The Bertz CT molecular complexity index is 1280. The van der Waals surface area contributed by atoms with Gasteiger partial charge in [-0.25, -0.2) is 9.97 Å². The summed E-state index contributed by atoms with van der Waals surface area (Å²) >= 11 is 4.80. The zero-order valence-corrected chi connectivity index (χ0v) is 20.4. The quantitative estimate of drug-likeness (QED) is 0.247. The van der Waals surface area contributed by atoms with E-state index in [1.54, 1.807) is 0 Å². The lowest BCUT2D eigenvalue weighted by atomic mass is 10.0. The van der Waals surface area contributed by atoms with Crippen LogP contribution in [0.25, 0.3) is 22.3 Å². The van der Waals surface area contributed by atoms with E-state index in [1.807, 2.05) is 78.9 Å². The van der Waals surface area contributed by atoms with Crippen molar-refractivity contribution in [3.63, 3.8) is 0 Å². The van der Waals surface area contributed by atoms with E-state index < -0.39 is 6.04 Å². The lowest BCUT2D eigenvalue weighted by Gasteiger charge is -2.16. The van der Waals surface area contributed by atoms with Crippen LogP contribution in [0.1, 0.15) is 12.5 Å². The van der Waals surface area contributed by atoms with Gasteiger partial charge in [0.1, 0.15) is 5.03 Å². The largest absolute Gasteiger partial charge is 0.345 e. The van der Waals surface area contributed by atoms with Crippen LogP contribution in [0.4, 0.5) is 0 Å². The number of halogens is 1. The van der Waals surface area contributed by atoms with Crippen molar-refractivity contribution in [1.29, 1.82) is 0 Å². The summed E-state index contributed by atoms with van der Waals surface area (Å²) in [7, 11) is 0. The molecule has 0 aliphatic rings. The molecule has 1 N–H and O–H groups in total. The second-order valence-electron chi connectivity index (χ2n) is 7.59. The van der Waals surface area contributed by atoms with Crippen molar-refractivity contribution in [1.82, 2.24) is 15.3 Å². The predicted octanol–water partition coefficient (Wildman–Crippen LogP) is 5.47. The summed E-state index contributed by atoms with van der Waals surface area (Å²) in [4.78, 5) is 34.3. The molecule has 0 saturated carbocycles. The molecule has 4 rings (SSSR count). The minimum absolute atomic E-state index is 0.0674. The molecule has 1 unspecified atom stereocenters. The SMILES string of the molecule is CC(=O)C(Cc1ccccc1)NC(=O)CSc1nc(-c2ccc(Br)cc2)nc2ccccc12. The number of para-hydroxylation sites is 1. The lowest BCUT2D eigenvalue weighted by molar-refractivity contribution is -0.125. The zero-order valence-electron chi connectivity index (χ0n) is 18.0. The molecule has 33 heavy (non-hydrogen) atoms. The smallest absolute Gasteiger partial charge is 0.231 e. The van der Waals surface area contributed by atoms with Gasteiger partial charge in [-0.1, -0.05) is 88.4 Å². The van der Waals surface area contributed by atoms with Crippen molar-refractivity contribution in [2.24, 2.45) is 0 Å². The maximum atomic E-state index is 12.7. The Morgan fingerprint density at radius 1 is 0.939 bits per heavy atom. The van der Waals surface area contributed by atoms with Crippen LogP contribution in [0.5, 0.6) is 0 Å². The molecule has 0 fully saturated rings. The number of nitrogens with one attached hydrogen (secondary N) is 1. The number of benzene rings is 3. The summed E-state index contributed by atoms with van der Waals surface area (Å²) in [5.41, 5.74) is 2.72. The zero-order chi connectivity index (χ0) is 23.2. The third-order valence-corrected chi connectivity index (χ3v) is 6.64. The van der Waals surface area contributed by atoms with E-state index in [0.29, 0.717) is 12.2 Å². The summed E-state index contributed by atoms with van der Waals surface area (Å²) in [6.07, 6.45) is 0.469. The first kappa shape index (κ1) is 23.1. The second kappa shape index (κ2) is 10.7. The van der Waals surface area contributed by atoms with Crippen LogP contribution in [0.15, 0.2) is 88.4 Å². The standard InChI is InChI=1S/C26H22BrN3O2S/c1-17(31)23(15-18-7-3-2-4-8-18)28-24(32)16-33-26-21-9-5-6-10-22(21)29-25(30-26)19-11-13-20(27)14-12-19/h2-14,23H,15-16H2,1H3,(H,28,32). The average Bonchev–Trinajstić information content (AvgIpc) is 2.83. The summed E-state index contributed by atoms with van der Waals surface area (Å²) in [5, 5.41) is 4.50. The monoisotopic (exact) mass is 519 g/mol. The van der Waals surface area contributed by atoms with Gasteiger partial charge in [0.05, 0.1) is 17.3 Å². The normalized spacial score (nSPS) is 11.8. The van der Waals surface area contributed by atoms with Crippen LogP contribution in [0, 0.1) is 0 Å². The molecule has 0 bridgehead atoms. The van der Waals surface area contributed by atoms with Crippen molar-refractivity contribution < 1.29 is 9.59 Å². The van der Waals surface area contributed by atoms with E-state index in [4.69, 9.17) is 9.97 Å². The number of hydrogen-bond donors (Lipinski definition) is 1. The molecule has 0 saturated heterocycles. The van der Waals surface area contributed by atoms with E-state index in [2.05, 4.69) is 21.2 Å². The number of aromatic nitrogens is 2. The highest BCUT2D eigenvalue weighted by atomic mass is 79.9. The average molecular weight is 520 g/mol. The van der Waals surface area contributed by atoms with Crippen molar-refractivity contribution in [2.45, 2.75) is 24.4 Å². The number of thioether (sulfide) groups is 1. The van der Waals surface area contributed by atoms with Crippen LogP contribution < -0.4 is 5.32 Å². The number of amides is 1. The fourth-order valence-corrected chi connectivity index (χ4v) is 4.50. The van der Waals surface area contributed by atoms with Gasteiger partial charge in [0.2, 0.25) is 5.91 Å². The molecule has 166 valence electrons. The Morgan fingerprint density at radius 2 is 1.64 bits per heavy atom. The Labute approximate surface area is 205 Å². The van der Waals surface area contributed by atoms with Crippen LogP contribution in [0.3, 0.4) is 0 Å². The first-order chi connectivity index (χ1) is 16.0. The molecule has 7 heteroatoms. The van der Waals surface area contributed by atoms with Gasteiger partial charge in [-0.05, 0) is 37.1 Å². The lowest BCUT2D eigenvalue weighted by Crippen LogP contribution is -2.42. The number of nitrogens with zero attached hydrogens (tertiary/aromatic N) is 2.